The summed E-state index contributed by atoms with van der Waals surface area (Å²) in [5.41, 5.74) is 0. The highest BCUT2D eigenvalue weighted by atomic mass is 32.2. The average Bonchev–Trinajstić information content (AvgIpc) is 1.41. The number of rotatable bonds is 1. The van der Waals surface area contributed by atoms with Crippen LogP contribution in [-0.2, 0) is 0 Å². The van der Waals surface area contributed by atoms with E-state index >= 15 is 0 Å². The number of hydrogen-bond acceptors (Lipinski definition) is 3. The van der Waals surface area contributed by atoms with E-state index in [-0.39, 0.29) is 0 Å². The lowest BCUT2D eigenvalue weighted by Gasteiger charge is -1.53. The molecule has 0 aliphatic rings. The Hall–Kier alpha value is -0.0700. The van der Waals surface area contributed by atoms with Crippen LogP contribution in [0, 0.1) is 10.7 Å². The molecule has 3 heteroatoms. The van der Waals surface area contributed by atoms with E-state index in [1.807, 2.05) is 0 Å². The van der Waals surface area contributed by atoms with Gasteiger partial charge in [0.15, 0.2) is 0 Å². The zero-order valence-electron chi connectivity index (χ0n) is 2.34. The minimum atomic E-state index is 0.958. The second-order valence-corrected chi connectivity index (χ2v) is 1.49. The molecule has 0 atom stereocenters. The Labute approximate surface area is 40.0 Å². The van der Waals surface area contributed by atoms with Crippen LogP contribution in [0.15, 0.2) is 0 Å². The predicted molar refractivity (Wildman–Crippen MR) is 26.9 cm³/mol. The van der Waals surface area contributed by atoms with Crippen molar-refractivity contribution in [2.75, 3.05) is 0 Å². The number of hydrogen-bond donors (Lipinski definition) is 0. The predicted octanol–water partition coefficient (Wildman–Crippen LogP) is 1.16. The average molecular weight is 103 g/mol. The van der Waals surface area contributed by atoms with Crippen LogP contribution in [0.3, 0.4) is 0 Å². The highest BCUT2D eigenvalue weighted by molar-refractivity contribution is 8.23. The van der Waals surface area contributed by atoms with E-state index in [0.717, 1.165) is 11.8 Å². The Balaban J connectivity index is 2.75. The van der Waals surface area contributed by atoms with Gasteiger partial charge >= 0.3 is 0 Å². The lowest BCUT2D eigenvalue weighted by Crippen LogP contribution is -1.38. The fourth-order valence-corrected chi connectivity index (χ4v) is 0.194. The van der Waals surface area contributed by atoms with Gasteiger partial charge < -0.3 is 0 Å². The SMILES string of the molecule is N#CSC=S. The van der Waals surface area contributed by atoms with Crippen LogP contribution in [0.5, 0.6) is 0 Å². The maximum absolute atomic E-state index is 7.68. The summed E-state index contributed by atoms with van der Waals surface area (Å²) in [6.45, 7) is 0. The Morgan fingerprint density at radius 3 is 2.60 bits per heavy atom. The molecule has 0 N–H and O–H groups in total. The minimum absolute atomic E-state index is 0.958. The molecular weight excluding hydrogens is 102 g/mol. The Morgan fingerprint density at radius 2 is 2.60 bits per heavy atom. The second-order valence-electron chi connectivity index (χ2n) is 0.305. The lowest BCUT2D eigenvalue weighted by molar-refractivity contribution is 1.57. The van der Waals surface area contributed by atoms with Gasteiger partial charge in [0.25, 0.3) is 0 Å². The minimum Gasteiger partial charge on any atom is -0.185 e. The standard InChI is InChI=1S/C2HNS2/c3-1-5-2-4/h2H. The van der Waals surface area contributed by atoms with E-state index in [0.29, 0.717) is 0 Å². The van der Waals surface area contributed by atoms with Crippen LogP contribution >= 0.6 is 24.0 Å². The van der Waals surface area contributed by atoms with E-state index in [1.54, 1.807) is 5.40 Å². The normalized spacial score (nSPS) is 5.40. The molecule has 5 heavy (non-hydrogen) atoms. The van der Waals surface area contributed by atoms with Crippen molar-refractivity contribution in [1.29, 1.82) is 5.26 Å². The summed E-state index contributed by atoms with van der Waals surface area (Å²) in [7, 11) is 0. The van der Waals surface area contributed by atoms with Gasteiger partial charge in [0.1, 0.15) is 5.40 Å². The van der Waals surface area contributed by atoms with Gasteiger partial charge in [0, 0.05) is 4.70 Å². The molecule has 0 aromatic heterocycles. The van der Waals surface area contributed by atoms with Crippen molar-refractivity contribution in [2.24, 2.45) is 0 Å². The molecule has 0 aliphatic heterocycles. The van der Waals surface area contributed by atoms with Gasteiger partial charge in [-0.05, 0) is 11.8 Å². The summed E-state index contributed by atoms with van der Waals surface area (Å²) >= 11 is 5.22. The molecule has 0 spiro atoms. The smallest absolute Gasteiger partial charge is 0.138 e. The van der Waals surface area contributed by atoms with Gasteiger partial charge in [0.05, 0.1) is 0 Å². The zero-order valence-corrected chi connectivity index (χ0v) is 3.97. The third-order valence-electron chi connectivity index (χ3n) is 0.101. The molecule has 0 heterocycles. The molecule has 0 bridgehead atoms. The molecule has 0 amide bonds. The van der Waals surface area contributed by atoms with Crippen LogP contribution in [0.25, 0.3) is 0 Å². The Bertz CT molecular complexity index is 62.5. The molecular formula is C2HNS2. The Kier molecular flexibility index (Phi) is 3.87. The van der Waals surface area contributed by atoms with Crippen LogP contribution in [0.4, 0.5) is 0 Å². The van der Waals surface area contributed by atoms with E-state index < -0.39 is 0 Å². The van der Waals surface area contributed by atoms with Gasteiger partial charge in [-0.3, -0.25) is 0 Å². The maximum Gasteiger partial charge on any atom is 0.138 e. The van der Waals surface area contributed by atoms with Crippen LogP contribution in [0.1, 0.15) is 0 Å². The number of nitrogens with zero attached hydrogens (tertiary/aromatic N) is 1. The van der Waals surface area contributed by atoms with Crippen molar-refractivity contribution >= 4 is 28.7 Å². The molecule has 0 radical (unpaired) electrons. The molecule has 0 aliphatic carbocycles. The highest BCUT2D eigenvalue weighted by Gasteiger charge is 1.59. The van der Waals surface area contributed by atoms with Gasteiger partial charge in [-0.25, -0.2) is 0 Å². The molecule has 26 valence electrons. The quantitative estimate of drug-likeness (QED) is 0.367. The van der Waals surface area contributed by atoms with Crippen molar-refractivity contribution in [3.8, 4) is 5.40 Å². The van der Waals surface area contributed by atoms with Crippen molar-refractivity contribution in [1.82, 2.24) is 0 Å². The third kappa shape index (κ3) is 3.93. The van der Waals surface area contributed by atoms with Gasteiger partial charge in [-0.1, -0.05) is 12.2 Å². The topological polar surface area (TPSA) is 23.8 Å². The van der Waals surface area contributed by atoms with Gasteiger partial charge in [-0.2, -0.15) is 5.26 Å². The first-order valence-corrected chi connectivity index (χ1v) is 2.25. The number of nitriles is 1. The van der Waals surface area contributed by atoms with Gasteiger partial charge in [0.2, 0.25) is 0 Å². The number of thiocyanates is 1. The first-order chi connectivity index (χ1) is 2.41. The van der Waals surface area contributed by atoms with Crippen molar-refractivity contribution in [3.05, 3.63) is 0 Å². The summed E-state index contributed by atoms with van der Waals surface area (Å²) < 4.78 is 1.32. The highest BCUT2D eigenvalue weighted by Crippen LogP contribution is 1.84. The Morgan fingerprint density at radius 1 is 2.00 bits per heavy atom. The summed E-state index contributed by atoms with van der Waals surface area (Å²) in [5, 5.41) is 9.46. The monoisotopic (exact) mass is 103 g/mol. The lowest BCUT2D eigenvalue weighted by atomic mass is 11.8. The summed E-state index contributed by atoms with van der Waals surface area (Å²) in [6, 6.07) is 0. The molecule has 0 aromatic rings. The third-order valence-corrected chi connectivity index (χ3v) is 0.591. The fraction of sp³-hybridized carbons (Fsp3) is 0. The molecule has 0 saturated heterocycles. The van der Waals surface area contributed by atoms with Crippen LogP contribution in [-0.4, -0.2) is 4.70 Å². The number of thiocarbonyl (C=S) groups is 1. The molecule has 0 fully saturated rings. The van der Waals surface area contributed by atoms with Crippen molar-refractivity contribution in [2.45, 2.75) is 0 Å². The largest absolute Gasteiger partial charge is 0.185 e. The number of thioether (sulfide) groups is 1. The molecule has 0 aromatic carbocycles. The van der Waals surface area contributed by atoms with E-state index in [4.69, 9.17) is 5.26 Å². The molecule has 0 saturated carbocycles. The van der Waals surface area contributed by atoms with E-state index in [2.05, 4.69) is 12.2 Å². The van der Waals surface area contributed by atoms with Crippen molar-refractivity contribution < 1.29 is 0 Å². The van der Waals surface area contributed by atoms with Crippen LogP contribution in [0.2, 0.25) is 0 Å². The zero-order chi connectivity index (χ0) is 4.12. The summed E-state index contributed by atoms with van der Waals surface area (Å²) in [5.74, 6) is 0. The van der Waals surface area contributed by atoms with E-state index in [9.17, 15) is 0 Å². The first kappa shape index (κ1) is 4.93. The maximum atomic E-state index is 7.68. The van der Waals surface area contributed by atoms with Crippen molar-refractivity contribution in [3.63, 3.8) is 0 Å². The van der Waals surface area contributed by atoms with Gasteiger partial charge in [-0.15, -0.1) is 0 Å². The summed E-state index contributed by atoms with van der Waals surface area (Å²) in [4.78, 5) is 0. The summed E-state index contributed by atoms with van der Waals surface area (Å²) in [6.07, 6.45) is 0. The van der Waals surface area contributed by atoms with E-state index in [1.165, 1.54) is 4.70 Å². The molecule has 1 nitrogen and oxygen atoms in total. The molecule has 0 unspecified atom stereocenters. The second kappa shape index (κ2) is 3.93. The first-order valence-electron chi connectivity index (χ1n) is 0.899. The fourth-order valence-electron chi connectivity index (χ4n) is 0.0215. The van der Waals surface area contributed by atoms with Crippen LogP contribution < -0.4 is 0 Å². The molecule has 0 rings (SSSR count).